The van der Waals surface area contributed by atoms with Gasteiger partial charge in [-0.1, -0.05) is 12.1 Å². The third kappa shape index (κ3) is 3.67. The van der Waals surface area contributed by atoms with Gasteiger partial charge in [0.15, 0.2) is 0 Å². The Morgan fingerprint density at radius 1 is 1.14 bits per heavy atom. The number of amides is 1. The summed E-state index contributed by atoms with van der Waals surface area (Å²) in [5.41, 5.74) is 0.384. The van der Waals surface area contributed by atoms with Crippen LogP contribution in [0.2, 0.25) is 0 Å². The minimum Gasteiger partial charge on any atom is -0.507 e. The summed E-state index contributed by atoms with van der Waals surface area (Å²) >= 11 is 0. The summed E-state index contributed by atoms with van der Waals surface area (Å²) < 4.78 is 5.12. The number of nitro groups is 1. The first kappa shape index (κ1) is 20.0. The molecule has 9 heteroatoms. The van der Waals surface area contributed by atoms with Crippen molar-refractivity contribution in [2.24, 2.45) is 0 Å². The first-order valence-electron chi connectivity index (χ1n) is 8.67. The van der Waals surface area contributed by atoms with Crippen LogP contribution in [0.3, 0.4) is 0 Å². The number of carbonyl (C=O) groups is 2. The standard InChI is InChI=1S/C20H18N2O7/c1-29-15-8-4-12(5-9-15)17-16(19(25)20(26)21(17)10-11-23)18(24)13-2-6-14(7-3-13)22(27)28/h2-9,17,23-24H,10-11H2,1H3. The lowest BCUT2D eigenvalue weighted by atomic mass is 9.95. The van der Waals surface area contributed by atoms with Crippen LogP contribution in [0.15, 0.2) is 54.1 Å². The van der Waals surface area contributed by atoms with Gasteiger partial charge in [0.2, 0.25) is 0 Å². The van der Waals surface area contributed by atoms with Gasteiger partial charge < -0.3 is 19.8 Å². The summed E-state index contributed by atoms with van der Waals surface area (Å²) in [6.07, 6.45) is 0. The average Bonchev–Trinajstić information content (AvgIpc) is 2.98. The predicted octanol–water partition coefficient (Wildman–Crippen LogP) is 2.02. The van der Waals surface area contributed by atoms with Gasteiger partial charge in [-0.2, -0.15) is 0 Å². The van der Waals surface area contributed by atoms with Crippen molar-refractivity contribution >= 4 is 23.1 Å². The number of non-ortho nitro benzene ring substituents is 1. The second kappa shape index (κ2) is 8.11. The van der Waals surface area contributed by atoms with E-state index in [9.17, 15) is 29.9 Å². The number of benzene rings is 2. The lowest BCUT2D eigenvalue weighted by molar-refractivity contribution is -0.384. The highest BCUT2D eigenvalue weighted by atomic mass is 16.6. The molecule has 9 nitrogen and oxygen atoms in total. The van der Waals surface area contributed by atoms with Gasteiger partial charge in [0.1, 0.15) is 11.5 Å². The largest absolute Gasteiger partial charge is 0.507 e. The number of hydrogen-bond donors (Lipinski definition) is 2. The van der Waals surface area contributed by atoms with Crippen molar-refractivity contribution in [1.82, 2.24) is 4.90 Å². The molecule has 1 fully saturated rings. The highest BCUT2D eigenvalue weighted by Gasteiger charge is 2.45. The lowest BCUT2D eigenvalue weighted by Crippen LogP contribution is -2.32. The van der Waals surface area contributed by atoms with Crippen LogP contribution in [0, 0.1) is 10.1 Å². The van der Waals surface area contributed by atoms with E-state index in [1.165, 1.54) is 36.3 Å². The molecule has 1 atom stereocenters. The van der Waals surface area contributed by atoms with E-state index in [2.05, 4.69) is 0 Å². The van der Waals surface area contributed by atoms with Crippen LogP contribution in [0.5, 0.6) is 5.75 Å². The second-order valence-corrected chi connectivity index (χ2v) is 6.29. The van der Waals surface area contributed by atoms with Gasteiger partial charge in [0.25, 0.3) is 17.4 Å². The normalized spacial score (nSPS) is 18.1. The van der Waals surface area contributed by atoms with Crippen molar-refractivity contribution in [3.63, 3.8) is 0 Å². The summed E-state index contributed by atoms with van der Waals surface area (Å²) in [6.45, 7) is -0.463. The molecule has 1 aliphatic rings. The van der Waals surface area contributed by atoms with E-state index in [4.69, 9.17) is 4.74 Å². The number of nitrogens with zero attached hydrogens (tertiary/aromatic N) is 2. The summed E-state index contributed by atoms with van der Waals surface area (Å²) in [5.74, 6) is -1.61. The molecular formula is C20H18N2O7. The van der Waals surface area contributed by atoms with E-state index in [-0.39, 0.29) is 30.0 Å². The number of methoxy groups -OCH3 is 1. The molecular weight excluding hydrogens is 380 g/mol. The van der Waals surface area contributed by atoms with Gasteiger partial charge in [0.05, 0.1) is 30.3 Å². The van der Waals surface area contributed by atoms with Crippen LogP contribution in [-0.2, 0) is 9.59 Å². The highest BCUT2D eigenvalue weighted by Crippen LogP contribution is 2.39. The molecule has 2 N–H and O–H groups in total. The second-order valence-electron chi connectivity index (χ2n) is 6.29. The Bertz CT molecular complexity index is 981. The number of hydrogen-bond acceptors (Lipinski definition) is 7. The monoisotopic (exact) mass is 398 g/mol. The Labute approximate surface area is 165 Å². The zero-order chi connectivity index (χ0) is 21.1. The molecule has 1 saturated heterocycles. The minimum absolute atomic E-state index is 0.0989. The molecule has 2 aromatic rings. The van der Waals surface area contributed by atoms with Crippen molar-refractivity contribution in [3.05, 3.63) is 75.3 Å². The highest BCUT2D eigenvalue weighted by molar-refractivity contribution is 6.46. The quantitative estimate of drug-likeness (QED) is 0.250. The molecule has 1 unspecified atom stereocenters. The summed E-state index contributed by atoms with van der Waals surface area (Å²) in [4.78, 5) is 36.6. The summed E-state index contributed by atoms with van der Waals surface area (Å²) in [7, 11) is 1.50. The molecule has 0 bridgehead atoms. The number of rotatable bonds is 6. The molecule has 0 aliphatic carbocycles. The van der Waals surface area contributed by atoms with E-state index in [1.807, 2.05) is 0 Å². The van der Waals surface area contributed by atoms with Crippen LogP contribution in [-0.4, -0.2) is 52.0 Å². The maximum Gasteiger partial charge on any atom is 0.295 e. The Morgan fingerprint density at radius 2 is 1.76 bits per heavy atom. The average molecular weight is 398 g/mol. The first-order chi connectivity index (χ1) is 13.9. The maximum absolute atomic E-state index is 12.7. The summed E-state index contributed by atoms with van der Waals surface area (Å²) in [5, 5.41) is 30.9. The number of Topliss-reactive ketones (excluding diaryl/α,β-unsaturated/α-hetero) is 1. The van der Waals surface area contributed by atoms with E-state index < -0.39 is 28.4 Å². The SMILES string of the molecule is COc1ccc(C2C(=C(O)c3ccc([N+](=O)[O-])cc3)C(=O)C(=O)N2CCO)cc1. The van der Waals surface area contributed by atoms with Crippen LogP contribution >= 0.6 is 0 Å². The fourth-order valence-electron chi connectivity index (χ4n) is 3.25. The Morgan fingerprint density at radius 3 is 2.28 bits per heavy atom. The van der Waals surface area contributed by atoms with Gasteiger partial charge >= 0.3 is 0 Å². The van der Waals surface area contributed by atoms with E-state index in [1.54, 1.807) is 24.3 Å². The van der Waals surface area contributed by atoms with Gasteiger partial charge in [-0.15, -0.1) is 0 Å². The first-order valence-corrected chi connectivity index (χ1v) is 8.67. The number of likely N-dealkylation sites (tertiary alicyclic amines) is 1. The molecule has 0 aromatic heterocycles. The zero-order valence-corrected chi connectivity index (χ0v) is 15.4. The molecule has 3 rings (SSSR count). The van der Waals surface area contributed by atoms with Crippen LogP contribution in [0.25, 0.3) is 5.76 Å². The van der Waals surface area contributed by atoms with Crippen LogP contribution in [0.4, 0.5) is 5.69 Å². The predicted molar refractivity (Wildman–Crippen MR) is 102 cm³/mol. The molecule has 0 radical (unpaired) electrons. The topological polar surface area (TPSA) is 130 Å². The fraction of sp³-hybridized carbons (Fsp3) is 0.200. The molecule has 150 valence electrons. The Kier molecular flexibility index (Phi) is 5.60. The molecule has 1 amide bonds. The van der Waals surface area contributed by atoms with Crippen molar-refractivity contribution in [2.75, 3.05) is 20.3 Å². The van der Waals surface area contributed by atoms with Gasteiger partial charge in [0, 0.05) is 24.2 Å². The minimum atomic E-state index is -0.914. The number of carbonyl (C=O) groups excluding carboxylic acids is 2. The van der Waals surface area contributed by atoms with Crippen molar-refractivity contribution in [3.8, 4) is 5.75 Å². The van der Waals surface area contributed by atoms with Crippen molar-refractivity contribution in [2.45, 2.75) is 6.04 Å². The molecule has 2 aromatic carbocycles. The number of aliphatic hydroxyl groups is 2. The molecule has 0 spiro atoms. The molecule has 1 aliphatic heterocycles. The van der Waals surface area contributed by atoms with Gasteiger partial charge in [-0.05, 0) is 29.8 Å². The number of nitro benzene ring substituents is 1. The third-order valence-electron chi connectivity index (χ3n) is 4.66. The number of aliphatic hydroxyl groups excluding tert-OH is 2. The Hall–Kier alpha value is -3.72. The zero-order valence-electron chi connectivity index (χ0n) is 15.4. The van der Waals surface area contributed by atoms with Crippen molar-refractivity contribution < 1.29 is 29.5 Å². The van der Waals surface area contributed by atoms with Gasteiger partial charge in [-0.3, -0.25) is 19.7 Å². The van der Waals surface area contributed by atoms with Gasteiger partial charge in [-0.25, -0.2) is 0 Å². The molecule has 0 saturated carbocycles. The molecule has 29 heavy (non-hydrogen) atoms. The lowest BCUT2D eigenvalue weighted by Gasteiger charge is -2.24. The number of ketones is 1. The van der Waals surface area contributed by atoms with E-state index in [0.717, 1.165) is 0 Å². The fourth-order valence-corrected chi connectivity index (χ4v) is 3.25. The third-order valence-corrected chi connectivity index (χ3v) is 4.66. The number of ether oxygens (including phenoxy) is 1. The van der Waals surface area contributed by atoms with Crippen LogP contribution < -0.4 is 4.74 Å². The van der Waals surface area contributed by atoms with E-state index >= 15 is 0 Å². The van der Waals surface area contributed by atoms with Crippen molar-refractivity contribution in [1.29, 1.82) is 0 Å². The number of β-amino-alcohol motifs (C(OH)–C–C–N with tert-alkyl or cyclic N) is 1. The summed E-state index contributed by atoms with van der Waals surface area (Å²) in [6, 6.07) is 10.7. The van der Waals surface area contributed by atoms with Crippen LogP contribution in [0.1, 0.15) is 17.2 Å². The maximum atomic E-state index is 12.7. The smallest absolute Gasteiger partial charge is 0.295 e. The molecule has 1 heterocycles. The Balaban J connectivity index is 2.13. The van der Waals surface area contributed by atoms with E-state index in [0.29, 0.717) is 11.3 Å².